The second kappa shape index (κ2) is 6.36. The Morgan fingerprint density at radius 1 is 1.41 bits per heavy atom. The fourth-order valence-electron chi connectivity index (χ4n) is 2.16. The number of carbonyl (C=O) groups is 1. The van der Waals surface area contributed by atoms with Crippen LogP contribution >= 0.6 is 0 Å². The summed E-state index contributed by atoms with van der Waals surface area (Å²) in [6.45, 7) is 8.87. The summed E-state index contributed by atoms with van der Waals surface area (Å²) in [5.74, 6) is 0.353. The van der Waals surface area contributed by atoms with Gasteiger partial charge >= 0.3 is 0 Å². The highest BCUT2D eigenvalue weighted by Crippen LogP contribution is 2.21. The van der Waals surface area contributed by atoms with Crippen molar-refractivity contribution >= 4 is 5.91 Å². The molecule has 100 valence electrons. The summed E-state index contributed by atoms with van der Waals surface area (Å²) in [5.41, 5.74) is 0.0517. The molecule has 1 fully saturated rings. The fraction of sp³-hybridized carbons (Fsp3) is 0.923. The highest BCUT2D eigenvalue weighted by molar-refractivity contribution is 5.78. The predicted octanol–water partition coefficient (Wildman–Crippen LogP) is 1.16. The van der Waals surface area contributed by atoms with Crippen LogP contribution in [0.3, 0.4) is 0 Å². The van der Waals surface area contributed by atoms with Crippen molar-refractivity contribution in [2.24, 2.45) is 11.3 Å². The van der Waals surface area contributed by atoms with Crippen LogP contribution in [0.5, 0.6) is 0 Å². The molecule has 0 bridgehead atoms. The van der Waals surface area contributed by atoms with Crippen molar-refractivity contribution in [1.82, 2.24) is 10.6 Å². The van der Waals surface area contributed by atoms with Crippen molar-refractivity contribution in [1.29, 1.82) is 0 Å². The van der Waals surface area contributed by atoms with E-state index in [0.717, 1.165) is 25.9 Å². The van der Waals surface area contributed by atoms with Gasteiger partial charge in [0.1, 0.15) is 0 Å². The number of rotatable bonds is 4. The fourth-order valence-corrected chi connectivity index (χ4v) is 2.16. The van der Waals surface area contributed by atoms with Crippen LogP contribution < -0.4 is 10.6 Å². The van der Waals surface area contributed by atoms with E-state index in [1.54, 1.807) is 7.11 Å². The molecule has 1 aliphatic heterocycles. The zero-order valence-corrected chi connectivity index (χ0v) is 11.5. The van der Waals surface area contributed by atoms with Crippen LogP contribution in [0.4, 0.5) is 0 Å². The maximum atomic E-state index is 12.0. The average Bonchev–Trinajstić information content (AvgIpc) is 2.29. The van der Waals surface area contributed by atoms with Crippen LogP contribution in [0.15, 0.2) is 0 Å². The third kappa shape index (κ3) is 4.64. The Morgan fingerprint density at radius 3 is 2.47 bits per heavy atom. The number of hydrogen-bond acceptors (Lipinski definition) is 3. The minimum atomic E-state index is 0.0517. The highest BCUT2D eigenvalue weighted by Gasteiger charge is 2.26. The molecule has 17 heavy (non-hydrogen) atoms. The molecule has 2 N–H and O–H groups in total. The monoisotopic (exact) mass is 242 g/mol. The molecule has 4 nitrogen and oxygen atoms in total. The lowest BCUT2D eigenvalue weighted by Gasteiger charge is -2.30. The van der Waals surface area contributed by atoms with Crippen molar-refractivity contribution in [2.45, 2.75) is 39.7 Å². The maximum Gasteiger partial charge on any atom is 0.223 e. The molecule has 0 radical (unpaired) electrons. The van der Waals surface area contributed by atoms with Crippen LogP contribution in [0.2, 0.25) is 0 Å². The molecular formula is C13H26N2O2. The lowest BCUT2D eigenvalue weighted by Crippen LogP contribution is -2.44. The summed E-state index contributed by atoms with van der Waals surface area (Å²) in [4.78, 5) is 12.0. The highest BCUT2D eigenvalue weighted by atomic mass is 16.5. The lowest BCUT2D eigenvalue weighted by atomic mass is 9.88. The van der Waals surface area contributed by atoms with E-state index in [-0.39, 0.29) is 23.3 Å². The molecule has 1 saturated heterocycles. The van der Waals surface area contributed by atoms with E-state index in [4.69, 9.17) is 4.74 Å². The van der Waals surface area contributed by atoms with Gasteiger partial charge in [-0.1, -0.05) is 20.8 Å². The van der Waals surface area contributed by atoms with E-state index in [2.05, 4.69) is 31.4 Å². The summed E-state index contributed by atoms with van der Waals surface area (Å²) >= 11 is 0. The first-order chi connectivity index (χ1) is 7.95. The standard InChI is InChI=1S/C13H26N2O2/c1-13(2,3)11(17-4)9-15-12(16)10-5-7-14-8-6-10/h10-11,14H,5-9H2,1-4H3,(H,15,16). The Labute approximate surface area is 104 Å². The number of hydrogen-bond donors (Lipinski definition) is 2. The summed E-state index contributed by atoms with van der Waals surface area (Å²) in [6, 6.07) is 0. The van der Waals surface area contributed by atoms with Gasteiger partial charge in [0.15, 0.2) is 0 Å². The second-order valence-corrected chi connectivity index (χ2v) is 5.86. The van der Waals surface area contributed by atoms with Gasteiger partial charge in [0, 0.05) is 19.6 Å². The van der Waals surface area contributed by atoms with Crippen molar-refractivity contribution in [3.05, 3.63) is 0 Å². The van der Waals surface area contributed by atoms with Gasteiger partial charge in [0.25, 0.3) is 0 Å². The Kier molecular flexibility index (Phi) is 5.40. The minimum Gasteiger partial charge on any atom is -0.379 e. The summed E-state index contributed by atoms with van der Waals surface area (Å²) in [5, 5.41) is 6.28. The first kappa shape index (κ1) is 14.5. The number of carbonyl (C=O) groups excluding carboxylic acids is 1. The maximum absolute atomic E-state index is 12.0. The van der Waals surface area contributed by atoms with Gasteiger partial charge in [-0.25, -0.2) is 0 Å². The van der Waals surface area contributed by atoms with Gasteiger partial charge in [-0.05, 0) is 31.3 Å². The Morgan fingerprint density at radius 2 is 2.00 bits per heavy atom. The molecule has 0 aromatic heterocycles. The van der Waals surface area contributed by atoms with E-state index < -0.39 is 0 Å². The van der Waals surface area contributed by atoms with E-state index in [1.165, 1.54) is 0 Å². The van der Waals surface area contributed by atoms with E-state index >= 15 is 0 Å². The summed E-state index contributed by atoms with van der Waals surface area (Å²) in [7, 11) is 1.70. The normalized spacial score (nSPS) is 20.0. The molecular weight excluding hydrogens is 216 g/mol. The smallest absolute Gasteiger partial charge is 0.223 e. The van der Waals surface area contributed by atoms with Crippen LogP contribution in [0, 0.1) is 11.3 Å². The molecule has 1 unspecified atom stereocenters. The van der Waals surface area contributed by atoms with Crippen molar-refractivity contribution in [3.8, 4) is 0 Å². The first-order valence-corrected chi connectivity index (χ1v) is 6.46. The number of methoxy groups -OCH3 is 1. The Bertz CT molecular complexity index is 242. The van der Waals surface area contributed by atoms with Crippen LogP contribution in [-0.2, 0) is 9.53 Å². The summed E-state index contributed by atoms with van der Waals surface area (Å²) in [6.07, 6.45) is 1.95. The second-order valence-electron chi connectivity index (χ2n) is 5.86. The Balaban J connectivity index is 2.35. The van der Waals surface area contributed by atoms with Crippen LogP contribution in [-0.4, -0.2) is 38.8 Å². The van der Waals surface area contributed by atoms with Crippen LogP contribution in [0.1, 0.15) is 33.6 Å². The summed E-state index contributed by atoms with van der Waals surface area (Å²) < 4.78 is 5.43. The van der Waals surface area contributed by atoms with Gasteiger partial charge in [-0.15, -0.1) is 0 Å². The molecule has 1 rings (SSSR count). The number of amides is 1. The minimum absolute atomic E-state index is 0.0517. The predicted molar refractivity (Wildman–Crippen MR) is 68.9 cm³/mol. The molecule has 1 aliphatic rings. The van der Waals surface area contributed by atoms with Crippen molar-refractivity contribution in [3.63, 3.8) is 0 Å². The molecule has 0 aliphatic carbocycles. The zero-order valence-electron chi connectivity index (χ0n) is 11.5. The molecule has 1 atom stereocenters. The van der Waals surface area contributed by atoms with Crippen molar-refractivity contribution < 1.29 is 9.53 Å². The van der Waals surface area contributed by atoms with E-state index in [9.17, 15) is 4.79 Å². The SMILES string of the molecule is COC(CNC(=O)C1CCNCC1)C(C)(C)C. The molecule has 4 heteroatoms. The number of ether oxygens (including phenoxy) is 1. The topological polar surface area (TPSA) is 50.4 Å². The number of piperidine rings is 1. The third-order valence-corrected chi connectivity index (χ3v) is 3.42. The van der Waals surface area contributed by atoms with Gasteiger partial charge in [-0.2, -0.15) is 0 Å². The molecule has 0 spiro atoms. The molecule has 0 saturated carbocycles. The first-order valence-electron chi connectivity index (χ1n) is 6.46. The average molecular weight is 242 g/mol. The molecule has 0 aromatic rings. The molecule has 0 aromatic carbocycles. The van der Waals surface area contributed by atoms with Gasteiger partial charge in [-0.3, -0.25) is 4.79 Å². The third-order valence-electron chi connectivity index (χ3n) is 3.42. The van der Waals surface area contributed by atoms with Gasteiger partial charge < -0.3 is 15.4 Å². The molecule has 1 heterocycles. The van der Waals surface area contributed by atoms with Gasteiger partial charge in [0.05, 0.1) is 6.10 Å². The largest absolute Gasteiger partial charge is 0.379 e. The zero-order chi connectivity index (χ0) is 12.9. The number of nitrogens with one attached hydrogen (secondary N) is 2. The van der Waals surface area contributed by atoms with Crippen molar-refractivity contribution in [2.75, 3.05) is 26.7 Å². The Hall–Kier alpha value is -0.610. The van der Waals surface area contributed by atoms with E-state index in [0.29, 0.717) is 6.54 Å². The molecule has 1 amide bonds. The van der Waals surface area contributed by atoms with Gasteiger partial charge in [0.2, 0.25) is 5.91 Å². The quantitative estimate of drug-likeness (QED) is 0.778. The lowest BCUT2D eigenvalue weighted by molar-refractivity contribution is -0.126. The van der Waals surface area contributed by atoms with Crippen LogP contribution in [0.25, 0.3) is 0 Å². The van der Waals surface area contributed by atoms with E-state index in [1.807, 2.05) is 0 Å².